The minimum Gasteiger partial charge on any atom is -0.457 e. The van der Waals surface area contributed by atoms with Gasteiger partial charge in [0.15, 0.2) is 0 Å². The fraction of sp³-hybridized carbons (Fsp3) is 0.0625. The summed E-state index contributed by atoms with van der Waals surface area (Å²) in [6.45, 7) is 1.78. The molecule has 0 unspecified atom stereocenters. The van der Waals surface area contributed by atoms with Gasteiger partial charge in [0.1, 0.15) is 17.8 Å². The number of carbonyl (C=O) groups excluding carboxylic acids is 1. The second kappa shape index (κ2) is 5.82. The Bertz CT molecular complexity index is 556. The van der Waals surface area contributed by atoms with Crippen molar-refractivity contribution in [3.05, 3.63) is 65.7 Å². The third kappa shape index (κ3) is 3.32. The van der Waals surface area contributed by atoms with E-state index in [0.29, 0.717) is 5.57 Å². The van der Waals surface area contributed by atoms with Gasteiger partial charge >= 0.3 is 0 Å². The van der Waals surface area contributed by atoms with Crippen LogP contribution in [0.25, 0.3) is 6.08 Å². The van der Waals surface area contributed by atoms with Gasteiger partial charge in [-0.15, -0.1) is 0 Å². The number of ether oxygens (including phenoxy) is 1. The maximum atomic E-state index is 10.6. The van der Waals surface area contributed by atoms with Crippen molar-refractivity contribution in [2.75, 3.05) is 0 Å². The topological polar surface area (TPSA) is 26.3 Å². The Kier molecular flexibility index (Phi) is 3.92. The Morgan fingerprint density at radius 2 is 1.72 bits per heavy atom. The van der Waals surface area contributed by atoms with Crippen molar-refractivity contribution in [2.45, 2.75) is 6.92 Å². The van der Waals surface area contributed by atoms with Crippen LogP contribution in [0.3, 0.4) is 0 Å². The van der Waals surface area contributed by atoms with Crippen LogP contribution >= 0.6 is 0 Å². The SMILES string of the molecule is C/C(C=O)=C\c1cccc(Oc2ccccc2)c1. The van der Waals surface area contributed by atoms with Gasteiger partial charge in [-0.3, -0.25) is 4.79 Å². The van der Waals surface area contributed by atoms with Crippen LogP contribution in [0, 0.1) is 0 Å². The van der Waals surface area contributed by atoms with E-state index in [4.69, 9.17) is 4.74 Å². The molecule has 0 aromatic heterocycles. The third-order valence-corrected chi connectivity index (χ3v) is 2.42. The molecule has 0 fully saturated rings. The number of allylic oxidation sites excluding steroid dienone is 1. The van der Waals surface area contributed by atoms with E-state index in [1.165, 1.54) is 0 Å². The number of hydrogen-bond donors (Lipinski definition) is 0. The van der Waals surface area contributed by atoms with Gasteiger partial charge < -0.3 is 4.74 Å². The van der Waals surface area contributed by atoms with E-state index in [1.807, 2.05) is 60.7 Å². The second-order valence-electron chi connectivity index (χ2n) is 3.99. The molecule has 2 nitrogen and oxygen atoms in total. The molecule has 0 amide bonds. The maximum absolute atomic E-state index is 10.6. The molecule has 0 aliphatic carbocycles. The summed E-state index contributed by atoms with van der Waals surface area (Å²) in [7, 11) is 0. The van der Waals surface area contributed by atoms with Crippen molar-refractivity contribution < 1.29 is 9.53 Å². The fourth-order valence-corrected chi connectivity index (χ4v) is 1.59. The highest BCUT2D eigenvalue weighted by Crippen LogP contribution is 2.22. The highest BCUT2D eigenvalue weighted by atomic mass is 16.5. The maximum Gasteiger partial charge on any atom is 0.145 e. The zero-order chi connectivity index (χ0) is 12.8. The Morgan fingerprint density at radius 3 is 2.44 bits per heavy atom. The quantitative estimate of drug-likeness (QED) is 0.592. The first-order valence-electron chi connectivity index (χ1n) is 5.74. The smallest absolute Gasteiger partial charge is 0.145 e. The van der Waals surface area contributed by atoms with Gasteiger partial charge in [-0.05, 0) is 48.4 Å². The average molecular weight is 238 g/mol. The molecule has 2 aromatic rings. The van der Waals surface area contributed by atoms with Crippen LogP contribution in [0.1, 0.15) is 12.5 Å². The molecule has 0 atom stereocenters. The number of hydrogen-bond acceptors (Lipinski definition) is 2. The van der Waals surface area contributed by atoms with E-state index < -0.39 is 0 Å². The Balaban J connectivity index is 2.20. The molecule has 0 aliphatic rings. The lowest BCUT2D eigenvalue weighted by atomic mass is 10.1. The molecule has 0 radical (unpaired) electrons. The van der Waals surface area contributed by atoms with Gasteiger partial charge in [0, 0.05) is 0 Å². The summed E-state index contributed by atoms with van der Waals surface area (Å²) in [4.78, 5) is 10.6. The molecule has 0 aliphatic heterocycles. The molecule has 2 aromatic carbocycles. The predicted molar refractivity (Wildman–Crippen MR) is 72.7 cm³/mol. The van der Waals surface area contributed by atoms with Gasteiger partial charge in [0.2, 0.25) is 0 Å². The first-order valence-corrected chi connectivity index (χ1v) is 5.74. The molecule has 0 heterocycles. The minimum atomic E-state index is 0.687. The Hall–Kier alpha value is -2.35. The van der Waals surface area contributed by atoms with Crippen LogP contribution in [0.2, 0.25) is 0 Å². The van der Waals surface area contributed by atoms with Gasteiger partial charge in [-0.2, -0.15) is 0 Å². The van der Waals surface area contributed by atoms with E-state index in [-0.39, 0.29) is 0 Å². The molecule has 0 N–H and O–H groups in total. The fourth-order valence-electron chi connectivity index (χ4n) is 1.59. The van der Waals surface area contributed by atoms with Gasteiger partial charge in [-0.25, -0.2) is 0 Å². The predicted octanol–water partition coefficient (Wildman–Crippen LogP) is 4.08. The molecule has 90 valence electrons. The van der Waals surface area contributed by atoms with Crippen LogP contribution in [-0.2, 0) is 4.79 Å². The summed E-state index contributed by atoms with van der Waals surface area (Å²) in [6, 6.07) is 17.2. The van der Waals surface area contributed by atoms with Gasteiger partial charge in [-0.1, -0.05) is 30.3 Å². The summed E-state index contributed by atoms with van der Waals surface area (Å²) in [6.07, 6.45) is 2.66. The van der Waals surface area contributed by atoms with E-state index in [9.17, 15) is 4.79 Å². The number of aldehydes is 1. The minimum absolute atomic E-state index is 0.687. The third-order valence-electron chi connectivity index (χ3n) is 2.42. The Labute approximate surface area is 107 Å². The van der Waals surface area contributed by atoms with Crippen LogP contribution in [-0.4, -0.2) is 6.29 Å². The summed E-state index contributed by atoms with van der Waals surface area (Å²) in [5.74, 6) is 1.55. The molecule has 2 heteroatoms. The molecule has 0 bridgehead atoms. The molecule has 2 rings (SSSR count). The van der Waals surface area contributed by atoms with Gasteiger partial charge in [0.25, 0.3) is 0 Å². The van der Waals surface area contributed by atoms with E-state index in [1.54, 1.807) is 6.92 Å². The van der Waals surface area contributed by atoms with E-state index >= 15 is 0 Å². The molecular weight excluding hydrogens is 224 g/mol. The zero-order valence-electron chi connectivity index (χ0n) is 10.2. The molecule has 18 heavy (non-hydrogen) atoms. The number of carbonyl (C=O) groups is 1. The van der Waals surface area contributed by atoms with Gasteiger partial charge in [0.05, 0.1) is 0 Å². The van der Waals surface area contributed by atoms with Crippen molar-refractivity contribution >= 4 is 12.4 Å². The highest BCUT2D eigenvalue weighted by molar-refractivity contribution is 5.80. The molecular formula is C16H14O2. The number of benzene rings is 2. The summed E-state index contributed by atoms with van der Waals surface area (Å²) < 4.78 is 5.72. The largest absolute Gasteiger partial charge is 0.457 e. The highest BCUT2D eigenvalue weighted by Gasteiger charge is 1.97. The second-order valence-corrected chi connectivity index (χ2v) is 3.99. The van der Waals surface area contributed by atoms with Crippen molar-refractivity contribution in [2.24, 2.45) is 0 Å². The summed E-state index contributed by atoms with van der Waals surface area (Å²) in [5, 5.41) is 0. The lowest BCUT2D eigenvalue weighted by Crippen LogP contribution is -1.84. The normalized spacial score (nSPS) is 11.1. The lowest BCUT2D eigenvalue weighted by Gasteiger charge is -2.06. The van der Waals surface area contributed by atoms with E-state index in [0.717, 1.165) is 23.3 Å². The first-order chi connectivity index (χ1) is 8.78. The number of rotatable bonds is 4. The molecule has 0 spiro atoms. The zero-order valence-corrected chi connectivity index (χ0v) is 10.2. The Morgan fingerprint density at radius 1 is 1.00 bits per heavy atom. The molecule has 0 saturated carbocycles. The lowest BCUT2D eigenvalue weighted by molar-refractivity contribution is -0.104. The van der Waals surface area contributed by atoms with Crippen molar-refractivity contribution in [1.29, 1.82) is 0 Å². The van der Waals surface area contributed by atoms with Crippen molar-refractivity contribution in [1.82, 2.24) is 0 Å². The van der Waals surface area contributed by atoms with Crippen LogP contribution in [0.5, 0.6) is 11.5 Å². The van der Waals surface area contributed by atoms with Crippen molar-refractivity contribution in [3.63, 3.8) is 0 Å². The standard InChI is InChI=1S/C16H14O2/c1-13(12-17)10-14-6-5-9-16(11-14)18-15-7-3-2-4-8-15/h2-12H,1H3/b13-10+. The average Bonchev–Trinajstić information content (AvgIpc) is 2.40. The van der Waals surface area contributed by atoms with Crippen LogP contribution in [0.15, 0.2) is 60.2 Å². The van der Waals surface area contributed by atoms with Crippen LogP contribution < -0.4 is 4.74 Å². The van der Waals surface area contributed by atoms with Crippen molar-refractivity contribution in [3.8, 4) is 11.5 Å². The summed E-state index contributed by atoms with van der Waals surface area (Å²) >= 11 is 0. The number of para-hydroxylation sites is 1. The monoisotopic (exact) mass is 238 g/mol. The van der Waals surface area contributed by atoms with E-state index in [2.05, 4.69) is 0 Å². The first kappa shape index (κ1) is 12.1. The van der Waals surface area contributed by atoms with Crippen LogP contribution in [0.4, 0.5) is 0 Å². The summed E-state index contributed by atoms with van der Waals surface area (Å²) in [5.41, 5.74) is 1.64. The molecule has 0 saturated heterocycles.